The molecule has 0 bridgehead atoms. The predicted octanol–water partition coefficient (Wildman–Crippen LogP) is 2.42. The number of anilines is 2. The number of hydrazine groups is 2. The van der Waals surface area contributed by atoms with Crippen LogP contribution in [0.3, 0.4) is 0 Å². The summed E-state index contributed by atoms with van der Waals surface area (Å²) in [5, 5.41) is -1.06. The summed E-state index contributed by atoms with van der Waals surface area (Å²) in [6.07, 6.45) is 0. The van der Waals surface area contributed by atoms with Crippen molar-refractivity contribution in [3.8, 4) is 11.4 Å². The van der Waals surface area contributed by atoms with Crippen molar-refractivity contribution in [1.82, 2.24) is 15.3 Å². The standard InChI is InChI=1S/C10H6F3N5/c11-8-7-10(16-18(13)17(7)12)15-9(14-8)6-4-2-1-3-5-6/h1-5H,(H,14,15,16). The number of aromatic nitrogens is 2. The van der Waals surface area contributed by atoms with Crippen molar-refractivity contribution in [3.63, 3.8) is 0 Å². The second kappa shape index (κ2) is 3.84. The first-order chi connectivity index (χ1) is 8.66. The number of fused-ring (bicyclic) bond motifs is 1. The zero-order chi connectivity index (χ0) is 12.7. The minimum Gasteiger partial charge on any atom is -0.252 e. The molecule has 0 fully saturated rings. The van der Waals surface area contributed by atoms with E-state index in [2.05, 4.69) is 9.97 Å². The van der Waals surface area contributed by atoms with Crippen LogP contribution in [0.5, 0.6) is 0 Å². The third kappa shape index (κ3) is 1.54. The summed E-state index contributed by atoms with van der Waals surface area (Å²) >= 11 is 0. The molecule has 0 spiro atoms. The van der Waals surface area contributed by atoms with E-state index in [1.165, 1.54) is 0 Å². The van der Waals surface area contributed by atoms with Gasteiger partial charge in [-0.15, -0.1) is 0 Å². The van der Waals surface area contributed by atoms with Crippen LogP contribution in [0.1, 0.15) is 0 Å². The fraction of sp³-hybridized carbons (Fsp3) is 0. The summed E-state index contributed by atoms with van der Waals surface area (Å²) in [6.45, 7) is 0. The molecule has 1 N–H and O–H groups in total. The fourth-order valence-corrected chi connectivity index (χ4v) is 1.60. The summed E-state index contributed by atoms with van der Waals surface area (Å²) in [7, 11) is 0. The Morgan fingerprint density at radius 2 is 1.78 bits per heavy atom. The van der Waals surface area contributed by atoms with Crippen LogP contribution in [0.25, 0.3) is 11.4 Å². The first-order valence-electron chi connectivity index (χ1n) is 4.98. The molecule has 0 saturated heterocycles. The van der Waals surface area contributed by atoms with Crippen molar-refractivity contribution < 1.29 is 13.4 Å². The highest BCUT2D eigenvalue weighted by molar-refractivity contribution is 5.70. The summed E-state index contributed by atoms with van der Waals surface area (Å²) in [4.78, 5) is 7.37. The van der Waals surface area contributed by atoms with Crippen LogP contribution < -0.4 is 10.7 Å². The molecule has 92 valence electrons. The number of benzene rings is 1. The molecule has 0 aliphatic carbocycles. The number of nitrogens with zero attached hydrogens (tertiary/aromatic N) is 4. The summed E-state index contributed by atoms with van der Waals surface area (Å²) in [5.74, 6) is -1.37. The molecule has 3 rings (SSSR count). The largest absolute Gasteiger partial charge is 0.252 e. The van der Waals surface area contributed by atoms with Crippen molar-refractivity contribution in [3.05, 3.63) is 36.3 Å². The van der Waals surface area contributed by atoms with Crippen LogP contribution in [0.15, 0.2) is 30.3 Å². The van der Waals surface area contributed by atoms with Gasteiger partial charge in [-0.3, -0.25) is 5.43 Å². The Morgan fingerprint density at radius 3 is 2.50 bits per heavy atom. The van der Waals surface area contributed by atoms with Crippen LogP contribution in [0.4, 0.5) is 24.9 Å². The Morgan fingerprint density at radius 1 is 1.06 bits per heavy atom. The van der Waals surface area contributed by atoms with Crippen LogP contribution in [0, 0.1) is 5.95 Å². The van der Waals surface area contributed by atoms with Crippen LogP contribution in [-0.4, -0.2) is 15.3 Å². The maximum absolute atomic E-state index is 13.6. The lowest BCUT2D eigenvalue weighted by Crippen LogP contribution is -2.27. The van der Waals surface area contributed by atoms with E-state index in [1.54, 1.807) is 30.3 Å². The van der Waals surface area contributed by atoms with Crippen LogP contribution in [-0.2, 0) is 0 Å². The quantitative estimate of drug-likeness (QED) is 0.624. The normalized spacial score (nSPS) is 14.5. The topological polar surface area (TPSA) is 44.3 Å². The molecule has 18 heavy (non-hydrogen) atoms. The second-order valence-electron chi connectivity index (χ2n) is 3.53. The monoisotopic (exact) mass is 253 g/mol. The second-order valence-corrected chi connectivity index (χ2v) is 3.53. The van der Waals surface area contributed by atoms with Gasteiger partial charge in [0.1, 0.15) is 0 Å². The van der Waals surface area contributed by atoms with E-state index in [9.17, 15) is 13.4 Å². The third-order valence-electron chi connectivity index (χ3n) is 2.41. The highest BCUT2D eigenvalue weighted by Gasteiger charge is 2.34. The molecule has 0 unspecified atom stereocenters. The molecule has 1 aromatic heterocycles. The third-order valence-corrected chi connectivity index (χ3v) is 2.41. The lowest BCUT2D eigenvalue weighted by atomic mass is 10.2. The van der Waals surface area contributed by atoms with Gasteiger partial charge in [-0.2, -0.15) is 9.37 Å². The molecule has 2 aromatic rings. The SMILES string of the molecule is Fc1nc(-c2ccccc2)nc2c1N(F)N(F)N2. The van der Waals surface area contributed by atoms with Gasteiger partial charge in [0, 0.05) is 5.56 Å². The molecular weight excluding hydrogens is 247 g/mol. The smallest absolute Gasteiger partial charge is 0.246 e. The molecule has 0 amide bonds. The van der Waals surface area contributed by atoms with E-state index in [4.69, 9.17) is 0 Å². The Kier molecular flexibility index (Phi) is 2.30. The van der Waals surface area contributed by atoms with E-state index in [1.807, 2.05) is 5.43 Å². The molecule has 1 aliphatic heterocycles. The van der Waals surface area contributed by atoms with Gasteiger partial charge in [-0.1, -0.05) is 44.5 Å². The van der Waals surface area contributed by atoms with Gasteiger partial charge >= 0.3 is 0 Å². The van der Waals surface area contributed by atoms with E-state index in [0.717, 1.165) is 0 Å². The molecule has 8 heteroatoms. The van der Waals surface area contributed by atoms with Crippen molar-refractivity contribution >= 4 is 11.5 Å². The van der Waals surface area contributed by atoms with Gasteiger partial charge in [-0.05, 0) is 0 Å². The van der Waals surface area contributed by atoms with Gasteiger partial charge in [0.25, 0.3) is 0 Å². The zero-order valence-corrected chi connectivity index (χ0v) is 8.81. The summed E-state index contributed by atoms with van der Waals surface area (Å²) in [6, 6.07) is 8.55. The first kappa shape index (κ1) is 10.8. The van der Waals surface area contributed by atoms with Crippen molar-refractivity contribution in [2.24, 2.45) is 0 Å². The average Bonchev–Trinajstić information content (AvgIpc) is 2.66. The highest BCUT2D eigenvalue weighted by atomic mass is 19.2. The molecule has 1 aliphatic rings. The Bertz CT molecular complexity index is 592. The molecule has 2 heterocycles. The Balaban J connectivity index is 2.12. The van der Waals surface area contributed by atoms with E-state index >= 15 is 0 Å². The number of hydrogen-bond acceptors (Lipinski definition) is 5. The van der Waals surface area contributed by atoms with Gasteiger partial charge < -0.3 is 0 Å². The molecule has 1 aromatic carbocycles. The predicted molar refractivity (Wildman–Crippen MR) is 57.6 cm³/mol. The summed E-state index contributed by atoms with van der Waals surface area (Å²) in [5.41, 5.74) is 1.79. The Hall–Kier alpha value is -2.35. The number of rotatable bonds is 1. The van der Waals surface area contributed by atoms with Crippen LogP contribution >= 0.6 is 0 Å². The zero-order valence-electron chi connectivity index (χ0n) is 8.81. The van der Waals surface area contributed by atoms with Crippen LogP contribution in [0.2, 0.25) is 0 Å². The van der Waals surface area contributed by atoms with Gasteiger partial charge in [0.05, 0.1) is 5.34 Å². The molecule has 5 nitrogen and oxygen atoms in total. The lowest BCUT2D eigenvalue weighted by molar-refractivity contribution is -0.00527. The lowest BCUT2D eigenvalue weighted by Gasteiger charge is -2.07. The van der Waals surface area contributed by atoms with Crippen molar-refractivity contribution in [2.75, 3.05) is 10.7 Å². The van der Waals surface area contributed by atoms with Gasteiger partial charge in [0.15, 0.2) is 17.3 Å². The minimum atomic E-state index is -1.14. The van der Waals surface area contributed by atoms with Gasteiger partial charge in [-0.25, -0.2) is 4.98 Å². The van der Waals surface area contributed by atoms with Crippen molar-refractivity contribution in [1.29, 1.82) is 0 Å². The maximum Gasteiger partial charge on any atom is 0.246 e. The minimum absolute atomic E-state index is 0.0445. The molecule has 0 saturated carbocycles. The Labute approximate surface area is 99.3 Å². The maximum atomic E-state index is 13.6. The number of hydrogen-bond donors (Lipinski definition) is 1. The molecule has 0 radical (unpaired) electrons. The summed E-state index contributed by atoms with van der Waals surface area (Å²) < 4.78 is 39.6. The van der Waals surface area contributed by atoms with E-state index < -0.39 is 22.2 Å². The number of halogens is 3. The number of nitrogens with one attached hydrogen (secondary N) is 1. The highest BCUT2D eigenvalue weighted by Crippen LogP contribution is 2.35. The molecule has 0 atom stereocenters. The first-order valence-corrected chi connectivity index (χ1v) is 4.98. The van der Waals surface area contributed by atoms with Gasteiger partial charge in [0.2, 0.25) is 5.95 Å². The average molecular weight is 253 g/mol. The molecular formula is C10H6F3N5. The fourth-order valence-electron chi connectivity index (χ4n) is 1.60. The van der Waals surface area contributed by atoms with Crippen molar-refractivity contribution in [2.45, 2.75) is 0 Å². The van der Waals surface area contributed by atoms with E-state index in [0.29, 0.717) is 5.56 Å². The van der Waals surface area contributed by atoms with E-state index in [-0.39, 0.29) is 11.6 Å².